The molecule has 3 heteroatoms. The van der Waals surface area contributed by atoms with E-state index in [9.17, 15) is 5.11 Å². The number of nitrogens with zero attached hydrogens (tertiary/aromatic N) is 1. The highest BCUT2D eigenvalue weighted by atomic mass is 79.9. The first kappa shape index (κ1) is 9.87. The van der Waals surface area contributed by atoms with Crippen molar-refractivity contribution in [3.05, 3.63) is 40.6 Å². The Kier molecular flexibility index (Phi) is 2.70. The van der Waals surface area contributed by atoms with Gasteiger partial charge in [0.25, 0.3) is 0 Å². The molecule has 0 amide bonds. The van der Waals surface area contributed by atoms with E-state index in [1.165, 1.54) is 0 Å². The standard InChI is InChI=1S/C11H12BrNO/c12-9-4-7-13-10(8-9)11(14)5-2-1-3-6-11/h1-2,4,7-8,14H,3,5-6H2. The number of aliphatic hydroxyl groups is 1. The van der Waals surface area contributed by atoms with Crippen LogP contribution in [0.15, 0.2) is 35.0 Å². The molecule has 1 aliphatic carbocycles. The van der Waals surface area contributed by atoms with Crippen molar-refractivity contribution in [3.63, 3.8) is 0 Å². The second kappa shape index (κ2) is 3.83. The fourth-order valence-corrected chi connectivity index (χ4v) is 2.05. The lowest BCUT2D eigenvalue weighted by Gasteiger charge is -2.28. The molecule has 0 saturated carbocycles. The monoisotopic (exact) mass is 253 g/mol. The lowest BCUT2D eigenvalue weighted by Crippen LogP contribution is -2.27. The lowest BCUT2D eigenvalue weighted by atomic mass is 9.86. The zero-order valence-corrected chi connectivity index (χ0v) is 9.37. The van der Waals surface area contributed by atoms with Crippen LogP contribution in [0.5, 0.6) is 0 Å². The first-order valence-electron chi connectivity index (χ1n) is 4.70. The molecule has 0 fully saturated rings. The molecule has 2 nitrogen and oxygen atoms in total. The molecule has 1 aromatic rings. The minimum absolute atomic E-state index is 0.663. The summed E-state index contributed by atoms with van der Waals surface area (Å²) in [5, 5.41) is 10.3. The molecule has 1 N–H and O–H groups in total. The molecule has 2 rings (SSSR count). The zero-order chi connectivity index (χ0) is 10.0. The van der Waals surface area contributed by atoms with Crippen LogP contribution in [0.3, 0.4) is 0 Å². The molecule has 1 atom stereocenters. The molecular weight excluding hydrogens is 242 g/mol. The number of aromatic nitrogens is 1. The van der Waals surface area contributed by atoms with Gasteiger partial charge in [0, 0.05) is 10.7 Å². The number of hydrogen-bond acceptors (Lipinski definition) is 2. The van der Waals surface area contributed by atoms with Crippen LogP contribution in [0, 0.1) is 0 Å². The van der Waals surface area contributed by atoms with E-state index >= 15 is 0 Å². The number of halogens is 1. The Hall–Kier alpha value is -0.670. The summed E-state index contributed by atoms with van der Waals surface area (Å²) >= 11 is 3.38. The summed E-state index contributed by atoms with van der Waals surface area (Å²) < 4.78 is 0.963. The molecule has 14 heavy (non-hydrogen) atoms. The van der Waals surface area contributed by atoms with Crippen molar-refractivity contribution in [3.8, 4) is 0 Å². The second-order valence-corrected chi connectivity index (χ2v) is 4.52. The van der Waals surface area contributed by atoms with E-state index in [0.717, 1.165) is 23.0 Å². The lowest BCUT2D eigenvalue weighted by molar-refractivity contribution is 0.0230. The maximum absolute atomic E-state index is 10.3. The van der Waals surface area contributed by atoms with Crippen LogP contribution in [0.2, 0.25) is 0 Å². The average Bonchev–Trinajstić information content (AvgIpc) is 2.19. The maximum Gasteiger partial charge on any atom is 0.110 e. The van der Waals surface area contributed by atoms with Crippen molar-refractivity contribution >= 4 is 15.9 Å². The summed E-state index contributed by atoms with van der Waals surface area (Å²) in [7, 11) is 0. The van der Waals surface area contributed by atoms with Crippen molar-refractivity contribution in [1.82, 2.24) is 4.98 Å². The van der Waals surface area contributed by atoms with Gasteiger partial charge in [-0.05, 0) is 31.4 Å². The van der Waals surface area contributed by atoms with E-state index in [1.54, 1.807) is 6.20 Å². The Morgan fingerprint density at radius 2 is 2.29 bits per heavy atom. The van der Waals surface area contributed by atoms with Crippen LogP contribution < -0.4 is 0 Å². The maximum atomic E-state index is 10.3. The third-order valence-electron chi connectivity index (χ3n) is 2.55. The fourth-order valence-electron chi connectivity index (χ4n) is 1.71. The molecule has 0 spiro atoms. The largest absolute Gasteiger partial charge is 0.383 e. The van der Waals surface area contributed by atoms with Gasteiger partial charge in [0.05, 0.1) is 5.69 Å². The van der Waals surface area contributed by atoms with Crippen molar-refractivity contribution in [2.45, 2.75) is 24.9 Å². The van der Waals surface area contributed by atoms with E-state index in [-0.39, 0.29) is 0 Å². The van der Waals surface area contributed by atoms with Crippen molar-refractivity contribution in [2.75, 3.05) is 0 Å². The molecule has 0 radical (unpaired) electrons. The van der Waals surface area contributed by atoms with Crippen molar-refractivity contribution in [2.24, 2.45) is 0 Å². The minimum atomic E-state index is -0.765. The highest BCUT2D eigenvalue weighted by Crippen LogP contribution is 2.33. The zero-order valence-electron chi connectivity index (χ0n) is 7.78. The normalized spacial score (nSPS) is 26.4. The van der Waals surface area contributed by atoms with E-state index in [2.05, 4.69) is 27.0 Å². The van der Waals surface area contributed by atoms with E-state index in [1.807, 2.05) is 18.2 Å². The summed E-state index contributed by atoms with van der Waals surface area (Å²) in [4.78, 5) is 4.22. The SMILES string of the molecule is OC1(c2cc(Br)ccn2)CC=CCC1. The molecule has 1 heterocycles. The molecule has 0 aromatic carbocycles. The third-order valence-corrected chi connectivity index (χ3v) is 3.04. The molecule has 1 aliphatic rings. The van der Waals surface area contributed by atoms with Crippen LogP contribution in [0.4, 0.5) is 0 Å². The van der Waals surface area contributed by atoms with E-state index in [0.29, 0.717) is 6.42 Å². The molecule has 1 unspecified atom stereocenters. The number of allylic oxidation sites excluding steroid dienone is 1. The van der Waals surface area contributed by atoms with Crippen molar-refractivity contribution in [1.29, 1.82) is 0 Å². The van der Waals surface area contributed by atoms with E-state index in [4.69, 9.17) is 0 Å². The van der Waals surface area contributed by atoms with Gasteiger partial charge in [-0.25, -0.2) is 0 Å². The summed E-state index contributed by atoms with van der Waals surface area (Å²) in [5.74, 6) is 0. The molecule has 1 aromatic heterocycles. The van der Waals surface area contributed by atoms with Gasteiger partial charge in [0.15, 0.2) is 0 Å². The Bertz CT molecular complexity index is 364. The highest BCUT2D eigenvalue weighted by Gasteiger charge is 2.30. The summed E-state index contributed by atoms with van der Waals surface area (Å²) in [6.45, 7) is 0. The topological polar surface area (TPSA) is 33.1 Å². The number of rotatable bonds is 1. The minimum Gasteiger partial charge on any atom is -0.383 e. The van der Waals surface area contributed by atoms with Gasteiger partial charge in [0.1, 0.15) is 5.60 Å². The van der Waals surface area contributed by atoms with E-state index < -0.39 is 5.60 Å². The molecular formula is C11H12BrNO. The van der Waals surface area contributed by atoms with Crippen LogP contribution >= 0.6 is 15.9 Å². The molecule has 0 aliphatic heterocycles. The predicted octanol–water partition coefficient (Wildman–Crippen LogP) is 2.77. The summed E-state index contributed by atoms with van der Waals surface area (Å²) in [5.41, 5.74) is -0.00495. The average molecular weight is 254 g/mol. The quantitative estimate of drug-likeness (QED) is 0.781. The molecule has 0 bridgehead atoms. The number of hydrogen-bond donors (Lipinski definition) is 1. The van der Waals surface area contributed by atoms with Gasteiger partial charge in [-0.1, -0.05) is 28.1 Å². The fraction of sp³-hybridized carbons (Fsp3) is 0.364. The van der Waals surface area contributed by atoms with Gasteiger partial charge in [0.2, 0.25) is 0 Å². The van der Waals surface area contributed by atoms with Crippen LogP contribution in [-0.2, 0) is 5.60 Å². The Morgan fingerprint density at radius 1 is 1.43 bits per heavy atom. The second-order valence-electron chi connectivity index (χ2n) is 3.61. The first-order chi connectivity index (χ1) is 6.71. The van der Waals surface area contributed by atoms with Gasteiger partial charge >= 0.3 is 0 Å². The predicted molar refractivity (Wildman–Crippen MR) is 58.8 cm³/mol. The Labute approximate surface area is 91.8 Å². The van der Waals surface area contributed by atoms with Crippen LogP contribution in [0.25, 0.3) is 0 Å². The van der Waals surface area contributed by atoms with Gasteiger partial charge in [-0.3, -0.25) is 4.98 Å². The number of pyridine rings is 1. The highest BCUT2D eigenvalue weighted by molar-refractivity contribution is 9.10. The Balaban J connectivity index is 2.33. The molecule has 74 valence electrons. The summed E-state index contributed by atoms with van der Waals surface area (Å²) in [6, 6.07) is 3.75. The Morgan fingerprint density at radius 3 is 2.93 bits per heavy atom. The third kappa shape index (κ3) is 1.88. The van der Waals surface area contributed by atoms with Gasteiger partial charge in [-0.15, -0.1) is 0 Å². The summed E-state index contributed by atoms with van der Waals surface area (Å²) in [6.07, 6.45) is 8.18. The first-order valence-corrected chi connectivity index (χ1v) is 5.49. The smallest absolute Gasteiger partial charge is 0.110 e. The van der Waals surface area contributed by atoms with Gasteiger partial charge < -0.3 is 5.11 Å². The van der Waals surface area contributed by atoms with Crippen LogP contribution in [-0.4, -0.2) is 10.1 Å². The van der Waals surface area contributed by atoms with Crippen LogP contribution in [0.1, 0.15) is 25.0 Å². The molecule has 0 saturated heterocycles. The van der Waals surface area contributed by atoms with Crippen molar-refractivity contribution < 1.29 is 5.11 Å². The van der Waals surface area contributed by atoms with Gasteiger partial charge in [-0.2, -0.15) is 0 Å².